The first-order chi connectivity index (χ1) is 8.41. The molecule has 0 fully saturated rings. The molecule has 17 heavy (non-hydrogen) atoms. The van der Waals surface area contributed by atoms with Gasteiger partial charge in [0.1, 0.15) is 0 Å². The standard InChI is InChI=1S/C16H22O/c1-2-3-4-5-6-7-8-9-10-11-12-13-14-15-16-17/h2,5-6,17H,1,3-4,11-16H2/b6-5+. The van der Waals surface area contributed by atoms with Crippen LogP contribution in [-0.4, -0.2) is 11.7 Å². The first-order valence-electron chi connectivity index (χ1n) is 6.27. The molecule has 0 saturated heterocycles. The van der Waals surface area contributed by atoms with Crippen LogP contribution in [0.15, 0.2) is 24.8 Å². The van der Waals surface area contributed by atoms with Crippen LogP contribution in [0.2, 0.25) is 0 Å². The molecule has 0 unspecified atom stereocenters. The monoisotopic (exact) mass is 230 g/mol. The summed E-state index contributed by atoms with van der Waals surface area (Å²) in [6.45, 7) is 3.95. The molecular weight excluding hydrogens is 208 g/mol. The van der Waals surface area contributed by atoms with Crippen LogP contribution in [0.1, 0.15) is 44.9 Å². The van der Waals surface area contributed by atoms with E-state index in [1.165, 1.54) is 0 Å². The number of hydrogen-bond donors (Lipinski definition) is 1. The van der Waals surface area contributed by atoms with Gasteiger partial charge in [0, 0.05) is 13.0 Å². The van der Waals surface area contributed by atoms with Gasteiger partial charge in [-0.3, -0.25) is 0 Å². The molecule has 1 nitrogen and oxygen atoms in total. The second-order valence-corrected chi connectivity index (χ2v) is 3.73. The molecule has 0 aromatic heterocycles. The molecule has 92 valence electrons. The summed E-state index contributed by atoms with van der Waals surface area (Å²) < 4.78 is 0. The van der Waals surface area contributed by atoms with Gasteiger partial charge in [0.25, 0.3) is 0 Å². The lowest BCUT2D eigenvalue weighted by Gasteiger charge is -1.93. The lowest BCUT2D eigenvalue weighted by Crippen LogP contribution is -1.82. The van der Waals surface area contributed by atoms with E-state index in [1.807, 2.05) is 18.2 Å². The Morgan fingerprint density at radius 1 is 1.00 bits per heavy atom. The molecular formula is C16H22O. The van der Waals surface area contributed by atoms with Crippen molar-refractivity contribution < 1.29 is 5.11 Å². The van der Waals surface area contributed by atoms with Gasteiger partial charge in [-0.25, -0.2) is 0 Å². The Kier molecular flexibility index (Phi) is 13.3. The van der Waals surface area contributed by atoms with E-state index in [-0.39, 0.29) is 0 Å². The zero-order valence-electron chi connectivity index (χ0n) is 10.5. The average Bonchev–Trinajstić information content (AvgIpc) is 2.35. The van der Waals surface area contributed by atoms with Crippen molar-refractivity contribution in [2.75, 3.05) is 6.61 Å². The first-order valence-corrected chi connectivity index (χ1v) is 6.27. The number of allylic oxidation sites excluding steroid dienone is 3. The average molecular weight is 230 g/mol. The van der Waals surface area contributed by atoms with Crippen molar-refractivity contribution in [1.29, 1.82) is 0 Å². The Morgan fingerprint density at radius 3 is 2.59 bits per heavy atom. The van der Waals surface area contributed by atoms with E-state index >= 15 is 0 Å². The number of aliphatic hydroxyl groups is 1. The quantitative estimate of drug-likeness (QED) is 0.384. The van der Waals surface area contributed by atoms with Crippen LogP contribution in [0.25, 0.3) is 0 Å². The van der Waals surface area contributed by atoms with Crippen LogP contribution in [0, 0.1) is 23.7 Å². The van der Waals surface area contributed by atoms with Crippen molar-refractivity contribution in [3.05, 3.63) is 24.8 Å². The second-order valence-electron chi connectivity index (χ2n) is 3.73. The predicted molar refractivity (Wildman–Crippen MR) is 74.3 cm³/mol. The fraction of sp³-hybridized carbons (Fsp3) is 0.500. The highest BCUT2D eigenvalue weighted by molar-refractivity contribution is 5.30. The Balaban J connectivity index is 3.44. The smallest absolute Gasteiger partial charge is 0.0431 e. The minimum Gasteiger partial charge on any atom is -0.396 e. The third-order valence-corrected chi connectivity index (χ3v) is 2.17. The molecule has 0 aliphatic heterocycles. The van der Waals surface area contributed by atoms with Gasteiger partial charge in [0.15, 0.2) is 0 Å². The minimum absolute atomic E-state index is 0.301. The maximum absolute atomic E-state index is 8.59. The van der Waals surface area contributed by atoms with E-state index in [0.717, 1.165) is 44.9 Å². The topological polar surface area (TPSA) is 20.2 Å². The highest BCUT2D eigenvalue weighted by Gasteiger charge is 1.85. The van der Waals surface area contributed by atoms with Crippen LogP contribution in [0.4, 0.5) is 0 Å². The lowest BCUT2D eigenvalue weighted by molar-refractivity contribution is 0.282. The van der Waals surface area contributed by atoms with Gasteiger partial charge in [0.05, 0.1) is 0 Å². The fourth-order valence-electron chi connectivity index (χ4n) is 1.22. The second kappa shape index (κ2) is 14.6. The van der Waals surface area contributed by atoms with Crippen molar-refractivity contribution in [3.63, 3.8) is 0 Å². The molecule has 0 atom stereocenters. The summed E-state index contributed by atoms with van der Waals surface area (Å²) in [6, 6.07) is 0. The summed E-state index contributed by atoms with van der Waals surface area (Å²) >= 11 is 0. The van der Waals surface area contributed by atoms with Crippen molar-refractivity contribution in [3.8, 4) is 23.7 Å². The largest absolute Gasteiger partial charge is 0.396 e. The zero-order chi connectivity index (χ0) is 12.6. The van der Waals surface area contributed by atoms with E-state index < -0.39 is 0 Å². The number of hydrogen-bond acceptors (Lipinski definition) is 1. The zero-order valence-corrected chi connectivity index (χ0v) is 10.5. The first kappa shape index (κ1) is 15.6. The van der Waals surface area contributed by atoms with Gasteiger partial charge in [-0.1, -0.05) is 36.8 Å². The van der Waals surface area contributed by atoms with Gasteiger partial charge < -0.3 is 5.11 Å². The maximum atomic E-state index is 8.59. The summed E-state index contributed by atoms with van der Waals surface area (Å²) in [4.78, 5) is 0. The van der Waals surface area contributed by atoms with E-state index in [4.69, 9.17) is 5.11 Å². The molecule has 0 bridgehead atoms. The van der Waals surface area contributed by atoms with Crippen LogP contribution < -0.4 is 0 Å². The molecule has 1 N–H and O–H groups in total. The van der Waals surface area contributed by atoms with Crippen molar-refractivity contribution in [2.24, 2.45) is 0 Å². The van der Waals surface area contributed by atoms with E-state index in [2.05, 4.69) is 30.3 Å². The molecule has 0 rings (SSSR count). The molecule has 0 aromatic rings. The SMILES string of the molecule is C=CCC/C=C/C#CC#CCCCCCCO. The fourth-order valence-corrected chi connectivity index (χ4v) is 1.22. The van der Waals surface area contributed by atoms with E-state index in [1.54, 1.807) is 0 Å². The number of unbranched alkanes of at least 4 members (excludes halogenated alkanes) is 5. The lowest BCUT2D eigenvalue weighted by atomic mass is 10.1. The minimum atomic E-state index is 0.301. The summed E-state index contributed by atoms with van der Waals surface area (Å²) in [6.07, 6.45) is 12.9. The molecule has 0 spiro atoms. The van der Waals surface area contributed by atoms with Crippen LogP contribution >= 0.6 is 0 Å². The molecule has 0 amide bonds. The number of rotatable bonds is 8. The van der Waals surface area contributed by atoms with Crippen LogP contribution in [0.5, 0.6) is 0 Å². The van der Waals surface area contributed by atoms with Crippen molar-refractivity contribution in [1.82, 2.24) is 0 Å². The third kappa shape index (κ3) is 14.6. The molecule has 0 aliphatic rings. The molecule has 0 aliphatic carbocycles. The highest BCUT2D eigenvalue weighted by Crippen LogP contribution is 2.00. The van der Waals surface area contributed by atoms with Gasteiger partial charge in [-0.2, -0.15) is 0 Å². The Morgan fingerprint density at radius 2 is 1.82 bits per heavy atom. The summed E-state index contributed by atoms with van der Waals surface area (Å²) in [5.74, 6) is 11.5. The highest BCUT2D eigenvalue weighted by atomic mass is 16.2. The summed E-state index contributed by atoms with van der Waals surface area (Å²) in [5.41, 5.74) is 0. The Hall–Kier alpha value is -1.44. The van der Waals surface area contributed by atoms with Gasteiger partial charge >= 0.3 is 0 Å². The van der Waals surface area contributed by atoms with Gasteiger partial charge in [-0.05, 0) is 43.6 Å². The molecule has 0 radical (unpaired) electrons. The van der Waals surface area contributed by atoms with Crippen molar-refractivity contribution >= 4 is 0 Å². The normalized spacial score (nSPS) is 9.24. The predicted octanol–water partition coefficient (Wildman–Crippen LogP) is 3.46. The van der Waals surface area contributed by atoms with Crippen LogP contribution in [0.3, 0.4) is 0 Å². The molecule has 1 heteroatoms. The van der Waals surface area contributed by atoms with E-state index in [0.29, 0.717) is 6.61 Å². The Bertz CT molecular complexity index is 317. The maximum Gasteiger partial charge on any atom is 0.0431 e. The Labute approximate surface area is 106 Å². The van der Waals surface area contributed by atoms with Crippen molar-refractivity contribution in [2.45, 2.75) is 44.9 Å². The molecule has 0 heterocycles. The van der Waals surface area contributed by atoms with Crippen LogP contribution in [-0.2, 0) is 0 Å². The van der Waals surface area contributed by atoms with E-state index in [9.17, 15) is 0 Å². The number of aliphatic hydroxyl groups excluding tert-OH is 1. The third-order valence-electron chi connectivity index (χ3n) is 2.17. The molecule has 0 saturated carbocycles. The van der Waals surface area contributed by atoms with Gasteiger partial charge in [0.2, 0.25) is 0 Å². The summed E-state index contributed by atoms with van der Waals surface area (Å²) in [5, 5.41) is 8.59. The molecule has 0 aromatic carbocycles. The summed E-state index contributed by atoms with van der Waals surface area (Å²) in [7, 11) is 0. The van der Waals surface area contributed by atoms with Gasteiger partial charge in [-0.15, -0.1) is 6.58 Å².